The largest absolute Gasteiger partial charge is 0.504 e. The maximum Gasteiger partial charge on any atom is 0.256 e. The Kier molecular flexibility index (Phi) is 9.06. The number of likely N-dealkylation sites (N-methyl/N-ethyl adjacent to an activating group) is 1. The number of ether oxygens (including phenoxy) is 1. The monoisotopic (exact) mass is 641 g/mol. The van der Waals surface area contributed by atoms with Crippen LogP contribution in [0.2, 0.25) is 0 Å². The van der Waals surface area contributed by atoms with E-state index in [0.717, 1.165) is 41.3 Å². The molecule has 0 aromatic heterocycles. The van der Waals surface area contributed by atoms with E-state index in [1.807, 2.05) is 30.3 Å². The van der Waals surface area contributed by atoms with E-state index in [1.165, 1.54) is 6.07 Å². The Labute approximate surface area is 263 Å². The van der Waals surface area contributed by atoms with Gasteiger partial charge in [-0.2, -0.15) is 0 Å². The van der Waals surface area contributed by atoms with Crippen molar-refractivity contribution in [2.75, 3.05) is 42.4 Å². The third kappa shape index (κ3) is 5.53. The number of amides is 2. The lowest BCUT2D eigenvalue weighted by Crippen LogP contribution is -2.47. The average molecular weight is 642 g/mol. The standard InChI is InChI=1S/C32H37ClN3O7P/c1-34-24-15-28(26(37)14-22(24)31(39)35-12-7-10-23(35)32(34)40)42-13-6-2-3-11-29(38)36-18-19(17-33)30-21-9-5-4-8-20(21)27(43-44-41)16-25(30)36/h4-5,8-9,14-16,19,23,32,37,40-41,44H,2-3,6-7,10-13,17-18H2,1H3/t19-,23+,32?/m1/s1. The van der Waals surface area contributed by atoms with Crippen LogP contribution in [0.3, 0.4) is 0 Å². The molecule has 0 spiro atoms. The molecule has 0 radical (unpaired) electrons. The molecular formula is C32H37ClN3O7P. The van der Waals surface area contributed by atoms with E-state index in [1.54, 1.807) is 27.8 Å². The number of benzene rings is 3. The summed E-state index contributed by atoms with van der Waals surface area (Å²) in [6.45, 7) is 1.41. The van der Waals surface area contributed by atoms with Gasteiger partial charge in [0.15, 0.2) is 11.5 Å². The molecule has 1 saturated heterocycles. The van der Waals surface area contributed by atoms with Crippen molar-refractivity contribution in [2.45, 2.75) is 56.7 Å². The number of carbonyl (C=O) groups excluding carboxylic acids is 2. The number of halogens is 1. The molecule has 2 unspecified atom stereocenters. The molecule has 3 aliphatic rings. The smallest absolute Gasteiger partial charge is 0.256 e. The summed E-state index contributed by atoms with van der Waals surface area (Å²) in [6.07, 6.45) is 3.15. The lowest BCUT2D eigenvalue weighted by Gasteiger charge is -2.31. The fraction of sp³-hybridized carbons (Fsp3) is 0.438. The van der Waals surface area contributed by atoms with Crippen molar-refractivity contribution in [3.8, 4) is 17.2 Å². The number of alkyl halides is 1. The molecule has 3 heterocycles. The second-order valence-corrected chi connectivity index (χ2v) is 12.3. The first-order chi connectivity index (χ1) is 21.3. The summed E-state index contributed by atoms with van der Waals surface area (Å²) < 4.78 is 11.4. The van der Waals surface area contributed by atoms with E-state index in [-0.39, 0.29) is 35.3 Å². The number of aliphatic hydroxyl groups excluding tert-OH is 1. The van der Waals surface area contributed by atoms with E-state index in [2.05, 4.69) is 0 Å². The van der Waals surface area contributed by atoms with Crippen molar-refractivity contribution >= 4 is 54.6 Å². The fourth-order valence-corrected chi connectivity index (χ4v) is 7.35. The van der Waals surface area contributed by atoms with Crippen LogP contribution in [0.4, 0.5) is 11.4 Å². The summed E-state index contributed by atoms with van der Waals surface area (Å²) in [5, 5.41) is 23.4. The third-order valence-electron chi connectivity index (χ3n) is 9.05. The Morgan fingerprint density at radius 1 is 1.09 bits per heavy atom. The number of fused-ring (bicyclic) bond motifs is 5. The Balaban J connectivity index is 1.06. The first kappa shape index (κ1) is 30.7. The number of phenols is 1. The third-order valence-corrected chi connectivity index (χ3v) is 9.74. The van der Waals surface area contributed by atoms with Gasteiger partial charge in [-0.15, -0.1) is 11.6 Å². The number of aliphatic hydroxyl groups is 1. The minimum atomic E-state index is -0.840. The van der Waals surface area contributed by atoms with Gasteiger partial charge in [-0.25, -0.2) is 0 Å². The summed E-state index contributed by atoms with van der Waals surface area (Å²) in [7, 11) is 1.04. The van der Waals surface area contributed by atoms with Crippen LogP contribution in [0.1, 0.15) is 60.4 Å². The highest BCUT2D eigenvalue weighted by Crippen LogP contribution is 2.46. The van der Waals surface area contributed by atoms with E-state index in [4.69, 9.17) is 20.9 Å². The van der Waals surface area contributed by atoms with Crippen molar-refractivity contribution in [3.05, 3.63) is 53.6 Å². The van der Waals surface area contributed by atoms with Gasteiger partial charge in [0.1, 0.15) is 12.0 Å². The number of rotatable bonds is 10. The minimum absolute atomic E-state index is 0.000350. The summed E-state index contributed by atoms with van der Waals surface area (Å²) in [6, 6.07) is 12.4. The maximum absolute atomic E-state index is 13.4. The molecule has 10 nitrogen and oxygen atoms in total. The molecule has 3 aliphatic heterocycles. The molecule has 1 fully saturated rings. The number of anilines is 2. The van der Waals surface area contributed by atoms with Crippen molar-refractivity contribution in [3.63, 3.8) is 0 Å². The van der Waals surface area contributed by atoms with E-state index >= 15 is 0 Å². The number of unbranched alkanes of at least 4 members (excludes halogenated alkanes) is 2. The van der Waals surface area contributed by atoms with Crippen LogP contribution in [0.25, 0.3) is 10.8 Å². The van der Waals surface area contributed by atoms with Gasteiger partial charge in [0.2, 0.25) is 14.9 Å². The molecule has 44 heavy (non-hydrogen) atoms. The van der Waals surface area contributed by atoms with Crippen LogP contribution < -0.4 is 19.1 Å². The van der Waals surface area contributed by atoms with Gasteiger partial charge in [-0.05, 0) is 49.1 Å². The molecule has 0 aliphatic carbocycles. The lowest BCUT2D eigenvalue weighted by molar-refractivity contribution is -0.118. The highest BCUT2D eigenvalue weighted by atomic mass is 35.5. The molecule has 3 N–H and O–H groups in total. The van der Waals surface area contributed by atoms with Gasteiger partial charge in [-0.1, -0.05) is 24.3 Å². The van der Waals surface area contributed by atoms with Crippen LogP contribution in [0.15, 0.2) is 42.5 Å². The molecule has 3 aromatic rings. The number of nitrogens with zero attached hydrogens (tertiary/aromatic N) is 3. The van der Waals surface area contributed by atoms with Crippen LogP contribution in [0.5, 0.6) is 17.2 Å². The summed E-state index contributed by atoms with van der Waals surface area (Å²) in [5.74, 6) is 0.869. The number of phenolic OH excluding ortho intramolecular Hbond substituents is 1. The SMILES string of the molecule is CN1c2cc(OCCCCCC(=O)N3C[C@@H](CCl)c4c3cc(OPO)c3ccccc43)c(O)cc2C(=O)N2CCC[C@H]2C1O. The quantitative estimate of drug-likeness (QED) is 0.159. The van der Waals surface area contributed by atoms with Crippen molar-refractivity contribution < 1.29 is 34.0 Å². The minimum Gasteiger partial charge on any atom is -0.504 e. The molecule has 6 rings (SSSR count). The molecule has 234 valence electrons. The summed E-state index contributed by atoms with van der Waals surface area (Å²) >= 11 is 6.35. The van der Waals surface area contributed by atoms with Gasteiger partial charge in [-0.3, -0.25) is 9.59 Å². The molecule has 4 atom stereocenters. The molecule has 0 bridgehead atoms. The van der Waals surface area contributed by atoms with Crippen molar-refractivity contribution in [1.29, 1.82) is 0 Å². The average Bonchev–Trinajstić information content (AvgIpc) is 3.66. The first-order valence-electron chi connectivity index (χ1n) is 15.0. The van der Waals surface area contributed by atoms with Crippen LogP contribution in [-0.4, -0.2) is 76.7 Å². The Hall–Kier alpha value is -3.30. The number of aromatic hydroxyl groups is 1. The molecule has 0 saturated carbocycles. The molecule has 2 amide bonds. The van der Waals surface area contributed by atoms with Crippen LogP contribution in [0, 0.1) is 0 Å². The number of hydrogen-bond acceptors (Lipinski definition) is 8. The molecular weight excluding hydrogens is 605 g/mol. The highest BCUT2D eigenvalue weighted by Gasteiger charge is 2.41. The second kappa shape index (κ2) is 13.0. The summed E-state index contributed by atoms with van der Waals surface area (Å²) in [4.78, 5) is 41.1. The second-order valence-electron chi connectivity index (χ2n) is 11.6. The zero-order valence-corrected chi connectivity index (χ0v) is 26.3. The summed E-state index contributed by atoms with van der Waals surface area (Å²) in [5.41, 5.74) is 2.69. The number of carbonyl (C=O) groups is 2. The van der Waals surface area contributed by atoms with Crippen molar-refractivity contribution in [1.82, 2.24) is 4.90 Å². The lowest BCUT2D eigenvalue weighted by atomic mass is 9.95. The zero-order valence-electron chi connectivity index (χ0n) is 24.5. The Bertz CT molecular complexity index is 1570. The van der Waals surface area contributed by atoms with Crippen molar-refractivity contribution in [2.24, 2.45) is 0 Å². The molecule has 12 heteroatoms. The van der Waals surface area contributed by atoms with Gasteiger partial charge in [0.25, 0.3) is 5.91 Å². The van der Waals surface area contributed by atoms with E-state index < -0.39 is 15.3 Å². The van der Waals surface area contributed by atoms with E-state index in [0.29, 0.717) is 61.8 Å². The van der Waals surface area contributed by atoms with Crippen LogP contribution >= 0.6 is 20.6 Å². The Morgan fingerprint density at radius 3 is 2.64 bits per heavy atom. The van der Waals surface area contributed by atoms with Gasteiger partial charge in [0, 0.05) is 55.9 Å². The normalized spacial score (nSPS) is 21.1. The van der Waals surface area contributed by atoms with Crippen LogP contribution in [-0.2, 0) is 4.79 Å². The maximum atomic E-state index is 13.4. The first-order valence-corrected chi connectivity index (χ1v) is 16.4. The predicted octanol–water partition coefficient (Wildman–Crippen LogP) is 5.11. The Morgan fingerprint density at radius 2 is 1.86 bits per heavy atom. The zero-order chi connectivity index (χ0) is 31.0. The highest BCUT2D eigenvalue weighted by molar-refractivity contribution is 7.25. The fourth-order valence-electron chi connectivity index (χ4n) is 6.83. The van der Waals surface area contributed by atoms with Gasteiger partial charge >= 0.3 is 0 Å². The van der Waals surface area contributed by atoms with E-state index in [9.17, 15) is 24.7 Å². The molecule has 3 aromatic carbocycles. The topological polar surface area (TPSA) is 123 Å². The number of hydrogen-bond donors (Lipinski definition) is 3. The predicted molar refractivity (Wildman–Crippen MR) is 171 cm³/mol. The van der Waals surface area contributed by atoms with Gasteiger partial charge < -0.3 is 39.1 Å². The van der Waals surface area contributed by atoms with Gasteiger partial charge in [0.05, 0.1) is 29.6 Å².